The lowest BCUT2D eigenvalue weighted by Crippen LogP contribution is -2.10. The Morgan fingerprint density at radius 3 is 2.68 bits per heavy atom. The smallest absolute Gasteiger partial charge is 0.339 e. The number of nitrogens with one attached hydrogen (secondary N) is 1. The van der Waals surface area contributed by atoms with Crippen LogP contribution in [-0.4, -0.2) is 22.5 Å². The van der Waals surface area contributed by atoms with E-state index >= 15 is 0 Å². The van der Waals surface area contributed by atoms with Gasteiger partial charge in [0, 0.05) is 15.9 Å². The van der Waals surface area contributed by atoms with Gasteiger partial charge in [-0.3, -0.25) is 10.1 Å². The molecule has 0 amide bonds. The van der Waals surface area contributed by atoms with E-state index in [1.54, 1.807) is 19.1 Å². The van der Waals surface area contributed by atoms with Crippen LogP contribution in [0.4, 0.5) is 11.4 Å². The Balaban J connectivity index is 2.16. The van der Waals surface area contributed by atoms with Gasteiger partial charge in [-0.2, -0.15) is 0 Å². The third-order valence-corrected chi connectivity index (χ3v) is 4.95. The number of fused-ring (bicyclic) bond motifs is 1. The highest BCUT2D eigenvalue weighted by atomic mass is 79.9. The molecule has 2 aromatic carbocycles. The van der Waals surface area contributed by atoms with Gasteiger partial charge in [0.05, 0.1) is 22.6 Å². The maximum Gasteiger partial charge on any atom is 0.339 e. The number of hydrogen-bond donors (Lipinski definition) is 1. The molecule has 7 nitrogen and oxygen atoms in total. The maximum absolute atomic E-state index is 12.3. The van der Waals surface area contributed by atoms with Gasteiger partial charge in [0.25, 0.3) is 0 Å². The zero-order chi connectivity index (χ0) is 20.3. The van der Waals surface area contributed by atoms with E-state index in [1.165, 1.54) is 6.20 Å². The quantitative estimate of drug-likeness (QED) is 0.317. The van der Waals surface area contributed by atoms with Crippen LogP contribution in [0.5, 0.6) is 0 Å². The number of esters is 1. The van der Waals surface area contributed by atoms with E-state index in [0.29, 0.717) is 21.1 Å². The standard InChI is InChI=1S/C20H18BrN3O4/c1-3-28-20(25)14-9-15-17(10-16(14)21)22-11-18(24(26)27)19(15)23-12(2)13-7-5-4-6-8-13/h4-12H,3H2,1-2H3,(H,22,23)/t12-/m1/s1. The summed E-state index contributed by atoms with van der Waals surface area (Å²) in [6, 6.07) is 12.6. The molecule has 0 saturated carbocycles. The summed E-state index contributed by atoms with van der Waals surface area (Å²) in [5.74, 6) is -0.509. The second-order valence-electron chi connectivity index (χ2n) is 6.12. The number of pyridine rings is 1. The van der Waals surface area contributed by atoms with Crippen LogP contribution in [-0.2, 0) is 4.74 Å². The van der Waals surface area contributed by atoms with Gasteiger partial charge in [-0.15, -0.1) is 0 Å². The molecule has 0 aliphatic heterocycles. The highest BCUT2D eigenvalue weighted by molar-refractivity contribution is 9.10. The first-order valence-electron chi connectivity index (χ1n) is 8.67. The van der Waals surface area contributed by atoms with Crippen molar-refractivity contribution in [2.24, 2.45) is 0 Å². The molecule has 0 aliphatic rings. The van der Waals surface area contributed by atoms with Gasteiger partial charge < -0.3 is 10.1 Å². The largest absolute Gasteiger partial charge is 0.462 e. The van der Waals surface area contributed by atoms with E-state index in [9.17, 15) is 14.9 Å². The minimum atomic E-state index is -0.509. The minimum Gasteiger partial charge on any atom is -0.462 e. The normalized spacial score (nSPS) is 11.8. The van der Waals surface area contributed by atoms with E-state index < -0.39 is 10.9 Å². The third kappa shape index (κ3) is 3.96. The fourth-order valence-electron chi connectivity index (χ4n) is 2.90. The predicted octanol–water partition coefficient (Wildman–Crippen LogP) is 5.26. The molecule has 0 saturated heterocycles. The van der Waals surface area contributed by atoms with Crippen molar-refractivity contribution in [2.45, 2.75) is 19.9 Å². The summed E-state index contributed by atoms with van der Waals surface area (Å²) in [5, 5.41) is 15.3. The van der Waals surface area contributed by atoms with Crippen molar-refractivity contribution in [2.75, 3.05) is 11.9 Å². The van der Waals surface area contributed by atoms with Crippen molar-refractivity contribution >= 4 is 44.2 Å². The Morgan fingerprint density at radius 2 is 2.04 bits per heavy atom. The van der Waals surface area contributed by atoms with Gasteiger partial charge in [0.2, 0.25) is 0 Å². The number of aromatic nitrogens is 1. The van der Waals surface area contributed by atoms with Gasteiger partial charge in [-0.1, -0.05) is 30.3 Å². The topological polar surface area (TPSA) is 94.4 Å². The van der Waals surface area contributed by atoms with Gasteiger partial charge in [-0.05, 0) is 47.5 Å². The van der Waals surface area contributed by atoms with Crippen molar-refractivity contribution in [3.63, 3.8) is 0 Å². The van der Waals surface area contributed by atoms with Crippen LogP contribution in [0, 0.1) is 10.1 Å². The number of carbonyl (C=O) groups is 1. The highest BCUT2D eigenvalue weighted by Gasteiger charge is 2.23. The van der Waals surface area contributed by atoms with E-state index in [0.717, 1.165) is 5.56 Å². The van der Waals surface area contributed by atoms with Gasteiger partial charge in [0.1, 0.15) is 11.9 Å². The molecule has 0 fully saturated rings. The van der Waals surface area contributed by atoms with Crippen LogP contribution in [0.1, 0.15) is 35.8 Å². The first kappa shape index (κ1) is 19.8. The molecule has 1 heterocycles. The Kier molecular flexibility index (Phi) is 5.89. The average Bonchev–Trinajstić information content (AvgIpc) is 2.68. The zero-order valence-electron chi connectivity index (χ0n) is 15.3. The van der Waals surface area contributed by atoms with Crippen LogP contribution < -0.4 is 5.32 Å². The fraction of sp³-hybridized carbons (Fsp3) is 0.200. The number of ether oxygens (including phenoxy) is 1. The van der Waals surface area contributed by atoms with Gasteiger partial charge >= 0.3 is 11.7 Å². The summed E-state index contributed by atoms with van der Waals surface area (Å²) in [6.45, 7) is 3.86. The molecule has 1 N–H and O–H groups in total. The molecule has 1 aromatic heterocycles. The molecule has 1 atom stereocenters. The summed E-state index contributed by atoms with van der Waals surface area (Å²) < 4.78 is 5.60. The van der Waals surface area contributed by atoms with Crippen molar-refractivity contribution in [1.82, 2.24) is 4.98 Å². The van der Waals surface area contributed by atoms with Gasteiger partial charge in [-0.25, -0.2) is 9.78 Å². The minimum absolute atomic E-state index is 0.160. The lowest BCUT2D eigenvalue weighted by atomic mass is 10.1. The summed E-state index contributed by atoms with van der Waals surface area (Å²) in [6.07, 6.45) is 1.22. The molecule has 0 spiro atoms. The van der Waals surface area contributed by atoms with E-state index in [-0.39, 0.29) is 23.9 Å². The van der Waals surface area contributed by atoms with Gasteiger partial charge in [0.15, 0.2) is 0 Å². The first-order valence-corrected chi connectivity index (χ1v) is 9.47. The maximum atomic E-state index is 12.3. The molecular formula is C20H18BrN3O4. The number of nitro groups is 1. The molecule has 3 aromatic rings. The molecule has 0 unspecified atom stereocenters. The molecular weight excluding hydrogens is 426 g/mol. The van der Waals surface area contributed by atoms with Crippen molar-refractivity contribution in [3.8, 4) is 0 Å². The number of carbonyl (C=O) groups excluding carboxylic acids is 1. The Morgan fingerprint density at radius 1 is 1.32 bits per heavy atom. The van der Waals surface area contributed by atoms with Crippen LogP contribution in [0.15, 0.2) is 53.1 Å². The first-order chi connectivity index (χ1) is 13.4. The van der Waals surface area contributed by atoms with Crippen molar-refractivity contribution < 1.29 is 14.5 Å². The van der Waals surface area contributed by atoms with Crippen LogP contribution in [0.3, 0.4) is 0 Å². The monoisotopic (exact) mass is 443 g/mol. The summed E-state index contributed by atoms with van der Waals surface area (Å²) in [5.41, 5.74) is 1.93. The Bertz CT molecular complexity index is 1040. The number of rotatable bonds is 6. The molecule has 3 rings (SSSR count). The zero-order valence-corrected chi connectivity index (χ0v) is 16.9. The van der Waals surface area contributed by atoms with E-state index in [2.05, 4.69) is 26.2 Å². The second kappa shape index (κ2) is 8.35. The van der Waals surface area contributed by atoms with E-state index in [4.69, 9.17) is 4.74 Å². The molecule has 28 heavy (non-hydrogen) atoms. The van der Waals surface area contributed by atoms with Crippen LogP contribution >= 0.6 is 15.9 Å². The highest BCUT2D eigenvalue weighted by Crippen LogP contribution is 2.36. The molecule has 0 bridgehead atoms. The summed E-state index contributed by atoms with van der Waals surface area (Å²) in [7, 11) is 0. The third-order valence-electron chi connectivity index (χ3n) is 4.29. The number of benzene rings is 2. The summed E-state index contributed by atoms with van der Waals surface area (Å²) >= 11 is 3.35. The number of hydrogen-bond acceptors (Lipinski definition) is 6. The SMILES string of the molecule is CCOC(=O)c1cc2c(N[C@H](C)c3ccccc3)c([N+](=O)[O-])cnc2cc1Br. The molecule has 0 aliphatic carbocycles. The molecule has 0 radical (unpaired) electrons. The van der Waals surface area contributed by atoms with Crippen molar-refractivity contribution in [1.29, 1.82) is 0 Å². The lowest BCUT2D eigenvalue weighted by molar-refractivity contribution is -0.384. The number of halogens is 1. The summed E-state index contributed by atoms with van der Waals surface area (Å²) in [4.78, 5) is 27.6. The Hall–Kier alpha value is -3.00. The second-order valence-corrected chi connectivity index (χ2v) is 6.98. The molecule has 144 valence electrons. The predicted molar refractivity (Wildman–Crippen MR) is 111 cm³/mol. The number of anilines is 1. The number of nitrogens with zero attached hydrogens (tertiary/aromatic N) is 2. The van der Waals surface area contributed by atoms with Crippen LogP contribution in [0.2, 0.25) is 0 Å². The lowest BCUT2D eigenvalue weighted by Gasteiger charge is -2.18. The van der Waals surface area contributed by atoms with Crippen LogP contribution in [0.25, 0.3) is 10.9 Å². The fourth-order valence-corrected chi connectivity index (χ4v) is 3.39. The average molecular weight is 444 g/mol. The Labute approximate surface area is 170 Å². The van der Waals surface area contributed by atoms with Crippen molar-refractivity contribution in [3.05, 3.63) is 74.4 Å². The van der Waals surface area contributed by atoms with E-state index in [1.807, 2.05) is 37.3 Å². The molecule has 8 heteroatoms.